The van der Waals surface area contributed by atoms with E-state index in [0.717, 1.165) is 24.8 Å². The van der Waals surface area contributed by atoms with E-state index >= 15 is 0 Å². The van der Waals surface area contributed by atoms with Gasteiger partial charge in [-0.1, -0.05) is 19.1 Å². The molecule has 98 valence electrons. The number of nitrogens with zero attached hydrogens (tertiary/aromatic N) is 1. The summed E-state index contributed by atoms with van der Waals surface area (Å²) in [5, 5.41) is 9.15. The van der Waals surface area contributed by atoms with E-state index < -0.39 is 5.97 Å². The maximum atomic E-state index is 11.2. The summed E-state index contributed by atoms with van der Waals surface area (Å²) in [6.45, 7) is 2.09. The van der Waals surface area contributed by atoms with Crippen molar-refractivity contribution in [2.75, 3.05) is 0 Å². The molecule has 1 heterocycles. The van der Waals surface area contributed by atoms with Gasteiger partial charge >= 0.3 is 5.97 Å². The van der Waals surface area contributed by atoms with Crippen LogP contribution in [0.4, 0.5) is 0 Å². The van der Waals surface area contributed by atoms with Crippen molar-refractivity contribution in [3.8, 4) is 11.5 Å². The lowest BCUT2D eigenvalue weighted by molar-refractivity contribution is 0.0661. The van der Waals surface area contributed by atoms with Gasteiger partial charge in [-0.15, -0.1) is 0 Å². The van der Waals surface area contributed by atoms with Gasteiger partial charge < -0.3 is 9.52 Å². The molecule has 0 spiro atoms. The molecule has 1 fully saturated rings. The molecule has 0 unspecified atom stereocenters. The van der Waals surface area contributed by atoms with E-state index in [1.165, 1.54) is 5.56 Å². The number of carbonyl (C=O) groups is 1. The summed E-state index contributed by atoms with van der Waals surface area (Å²) in [5.41, 5.74) is 2.66. The molecule has 19 heavy (non-hydrogen) atoms. The third-order valence-corrected chi connectivity index (χ3v) is 3.42. The molecule has 0 atom stereocenters. The number of rotatable bonds is 4. The quantitative estimate of drug-likeness (QED) is 0.910. The predicted octanol–water partition coefficient (Wildman–Crippen LogP) is 3.48. The maximum Gasteiger partial charge on any atom is 0.373 e. The molecule has 3 rings (SSSR count). The molecular weight excluding hydrogens is 242 g/mol. The number of aromatic carboxylic acids is 1. The zero-order valence-corrected chi connectivity index (χ0v) is 10.7. The number of carboxylic acid groups (broad SMARTS) is 1. The Bertz CT molecular complexity index is 609. The molecule has 1 aliphatic rings. The van der Waals surface area contributed by atoms with Crippen LogP contribution >= 0.6 is 0 Å². The Morgan fingerprint density at radius 2 is 2.05 bits per heavy atom. The lowest BCUT2D eigenvalue weighted by atomic mass is 10.1. The monoisotopic (exact) mass is 257 g/mol. The zero-order valence-electron chi connectivity index (χ0n) is 10.7. The number of benzene rings is 1. The molecule has 1 N–H and O–H groups in total. The highest BCUT2D eigenvalue weighted by Crippen LogP contribution is 2.42. The first-order valence-electron chi connectivity index (χ1n) is 6.52. The van der Waals surface area contributed by atoms with Crippen LogP contribution in [0.15, 0.2) is 28.7 Å². The fourth-order valence-electron chi connectivity index (χ4n) is 2.13. The summed E-state index contributed by atoms with van der Waals surface area (Å²) in [5.74, 6) is -0.372. The number of hydrogen-bond donors (Lipinski definition) is 1. The molecule has 1 aromatic heterocycles. The van der Waals surface area contributed by atoms with Gasteiger partial charge in [-0.05, 0) is 37.0 Å². The van der Waals surface area contributed by atoms with Crippen molar-refractivity contribution in [1.29, 1.82) is 0 Å². The molecule has 4 nitrogen and oxygen atoms in total. The van der Waals surface area contributed by atoms with Crippen molar-refractivity contribution in [3.05, 3.63) is 41.3 Å². The molecule has 0 amide bonds. The van der Waals surface area contributed by atoms with Crippen LogP contribution < -0.4 is 0 Å². The van der Waals surface area contributed by atoms with Crippen LogP contribution in [0.5, 0.6) is 0 Å². The highest BCUT2D eigenvalue weighted by molar-refractivity contribution is 5.86. The molecule has 2 aromatic rings. The molecule has 4 heteroatoms. The summed E-state index contributed by atoms with van der Waals surface area (Å²) in [6.07, 6.45) is 2.97. The Hall–Kier alpha value is -2.10. The fraction of sp³-hybridized carbons (Fsp3) is 0.333. The van der Waals surface area contributed by atoms with Crippen LogP contribution in [0.2, 0.25) is 0 Å². The second-order valence-corrected chi connectivity index (χ2v) is 4.86. The van der Waals surface area contributed by atoms with Gasteiger partial charge in [0.2, 0.25) is 11.7 Å². The molecule has 0 radical (unpaired) electrons. The topological polar surface area (TPSA) is 63.3 Å². The number of aromatic nitrogens is 1. The third-order valence-electron chi connectivity index (χ3n) is 3.42. The van der Waals surface area contributed by atoms with E-state index in [4.69, 9.17) is 9.52 Å². The second-order valence-electron chi connectivity index (χ2n) is 4.86. The average molecular weight is 257 g/mol. The van der Waals surface area contributed by atoms with Gasteiger partial charge in [0.25, 0.3) is 0 Å². The Balaban J connectivity index is 1.99. The molecule has 1 aliphatic carbocycles. The van der Waals surface area contributed by atoms with E-state index in [2.05, 4.69) is 11.9 Å². The van der Waals surface area contributed by atoms with Crippen molar-refractivity contribution in [2.45, 2.75) is 32.1 Å². The largest absolute Gasteiger partial charge is 0.475 e. The van der Waals surface area contributed by atoms with E-state index in [1.54, 1.807) is 0 Å². The lowest BCUT2D eigenvalue weighted by Crippen LogP contribution is -1.98. The van der Waals surface area contributed by atoms with Gasteiger partial charge in [-0.25, -0.2) is 9.78 Å². The van der Waals surface area contributed by atoms with Gasteiger partial charge in [0, 0.05) is 11.5 Å². The van der Waals surface area contributed by atoms with Crippen LogP contribution in [0, 0.1) is 0 Å². The molecule has 0 saturated heterocycles. The summed E-state index contributed by atoms with van der Waals surface area (Å²) in [4.78, 5) is 15.5. The third kappa shape index (κ3) is 2.26. The first-order valence-corrected chi connectivity index (χ1v) is 6.52. The van der Waals surface area contributed by atoms with Crippen LogP contribution in [0.3, 0.4) is 0 Å². The summed E-state index contributed by atoms with van der Waals surface area (Å²) in [6, 6.07) is 7.87. The maximum absolute atomic E-state index is 11.2. The Labute approximate surface area is 111 Å². The van der Waals surface area contributed by atoms with Gasteiger partial charge in [-0.3, -0.25) is 0 Å². The molecule has 0 aliphatic heterocycles. The normalized spacial score (nSPS) is 14.6. The second kappa shape index (κ2) is 4.53. The minimum Gasteiger partial charge on any atom is -0.475 e. The van der Waals surface area contributed by atoms with Crippen molar-refractivity contribution in [3.63, 3.8) is 0 Å². The van der Waals surface area contributed by atoms with Crippen LogP contribution in [0.25, 0.3) is 11.5 Å². The van der Waals surface area contributed by atoms with Gasteiger partial charge in [0.05, 0.1) is 5.69 Å². The standard InChI is InChI=1S/C15H15NO3/c1-2-9-3-5-11(6-4-9)14-16-12(10-7-8-10)13(19-14)15(17)18/h3-6,10H,2,7-8H2,1H3,(H,17,18). The number of aryl methyl sites for hydroxylation is 1. The Morgan fingerprint density at radius 3 is 2.58 bits per heavy atom. The Kier molecular flexibility index (Phi) is 2.85. The van der Waals surface area contributed by atoms with Crippen LogP contribution in [0.1, 0.15) is 47.5 Å². The number of carboxylic acids is 1. The first-order chi connectivity index (χ1) is 9.19. The zero-order chi connectivity index (χ0) is 13.4. The fourth-order valence-corrected chi connectivity index (χ4v) is 2.13. The van der Waals surface area contributed by atoms with Gasteiger partial charge in [-0.2, -0.15) is 0 Å². The van der Waals surface area contributed by atoms with Crippen molar-refractivity contribution in [1.82, 2.24) is 4.98 Å². The van der Waals surface area contributed by atoms with E-state index in [-0.39, 0.29) is 11.7 Å². The van der Waals surface area contributed by atoms with E-state index in [0.29, 0.717) is 11.6 Å². The molecule has 1 saturated carbocycles. The van der Waals surface area contributed by atoms with E-state index in [9.17, 15) is 4.79 Å². The van der Waals surface area contributed by atoms with Crippen molar-refractivity contribution >= 4 is 5.97 Å². The Morgan fingerprint density at radius 1 is 1.37 bits per heavy atom. The molecule has 1 aromatic carbocycles. The van der Waals surface area contributed by atoms with Crippen molar-refractivity contribution < 1.29 is 14.3 Å². The molecular formula is C15H15NO3. The average Bonchev–Trinajstić information content (AvgIpc) is 3.17. The first kappa shape index (κ1) is 12.0. The highest BCUT2D eigenvalue weighted by Gasteiger charge is 2.33. The summed E-state index contributed by atoms with van der Waals surface area (Å²) >= 11 is 0. The SMILES string of the molecule is CCc1ccc(-c2nc(C3CC3)c(C(=O)O)o2)cc1. The predicted molar refractivity (Wildman–Crippen MR) is 70.3 cm³/mol. The van der Waals surface area contributed by atoms with Gasteiger partial charge in [0.1, 0.15) is 0 Å². The number of oxazole rings is 1. The lowest BCUT2D eigenvalue weighted by Gasteiger charge is -1.97. The minimum absolute atomic E-state index is 0.00271. The van der Waals surface area contributed by atoms with Gasteiger partial charge in [0.15, 0.2) is 0 Å². The molecule has 0 bridgehead atoms. The van der Waals surface area contributed by atoms with Crippen LogP contribution in [-0.4, -0.2) is 16.1 Å². The van der Waals surface area contributed by atoms with E-state index in [1.807, 2.05) is 24.3 Å². The van der Waals surface area contributed by atoms with Crippen molar-refractivity contribution in [2.24, 2.45) is 0 Å². The minimum atomic E-state index is -1.04. The van der Waals surface area contributed by atoms with Crippen LogP contribution in [-0.2, 0) is 6.42 Å². The highest BCUT2D eigenvalue weighted by atomic mass is 16.4. The smallest absolute Gasteiger partial charge is 0.373 e. The summed E-state index contributed by atoms with van der Waals surface area (Å²) in [7, 11) is 0. The summed E-state index contributed by atoms with van der Waals surface area (Å²) < 4.78 is 5.43. The number of hydrogen-bond acceptors (Lipinski definition) is 3.